The van der Waals surface area contributed by atoms with Gasteiger partial charge in [0.25, 0.3) is 0 Å². The van der Waals surface area contributed by atoms with E-state index >= 15 is 0 Å². The number of benzene rings is 2. The SMILES string of the molecule is Brc1cccc(C2(c3ccccc3)CO2)c1. The van der Waals surface area contributed by atoms with Crippen LogP contribution < -0.4 is 0 Å². The number of halogens is 1. The lowest BCUT2D eigenvalue weighted by molar-refractivity contribution is 0.349. The first-order valence-electron chi connectivity index (χ1n) is 5.27. The van der Waals surface area contributed by atoms with Crippen molar-refractivity contribution in [3.8, 4) is 0 Å². The zero-order chi connectivity index (χ0) is 11.0. The predicted octanol–water partition coefficient (Wildman–Crippen LogP) is 3.72. The molecule has 1 aliphatic heterocycles. The molecule has 16 heavy (non-hydrogen) atoms. The summed E-state index contributed by atoms with van der Waals surface area (Å²) in [5, 5.41) is 0. The Morgan fingerprint density at radius 1 is 0.938 bits per heavy atom. The third kappa shape index (κ3) is 1.58. The summed E-state index contributed by atoms with van der Waals surface area (Å²) in [6, 6.07) is 18.7. The van der Waals surface area contributed by atoms with Gasteiger partial charge in [-0.05, 0) is 23.3 Å². The first-order chi connectivity index (χ1) is 7.81. The first-order valence-corrected chi connectivity index (χ1v) is 6.06. The maximum Gasteiger partial charge on any atom is 0.142 e. The van der Waals surface area contributed by atoms with E-state index < -0.39 is 0 Å². The molecule has 1 nitrogen and oxygen atoms in total. The van der Waals surface area contributed by atoms with E-state index in [0.29, 0.717) is 0 Å². The molecule has 2 aromatic carbocycles. The Labute approximate surface area is 103 Å². The Hall–Kier alpha value is -1.12. The first kappa shape index (κ1) is 10.1. The van der Waals surface area contributed by atoms with E-state index in [9.17, 15) is 0 Å². The minimum absolute atomic E-state index is 0.203. The van der Waals surface area contributed by atoms with Crippen LogP contribution in [0.15, 0.2) is 59.1 Å². The second kappa shape index (κ2) is 3.72. The molecule has 1 saturated heterocycles. The number of epoxide rings is 1. The van der Waals surface area contributed by atoms with Gasteiger partial charge < -0.3 is 4.74 Å². The summed E-state index contributed by atoms with van der Waals surface area (Å²) in [4.78, 5) is 0. The average Bonchev–Trinajstić information content (AvgIpc) is 3.11. The zero-order valence-electron chi connectivity index (χ0n) is 8.69. The zero-order valence-corrected chi connectivity index (χ0v) is 10.3. The van der Waals surface area contributed by atoms with Gasteiger partial charge in [-0.15, -0.1) is 0 Å². The highest BCUT2D eigenvalue weighted by molar-refractivity contribution is 9.10. The van der Waals surface area contributed by atoms with Crippen LogP contribution in [0.5, 0.6) is 0 Å². The van der Waals surface area contributed by atoms with Crippen molar-refractivity contribution in [2.24, 2.45) is 0 Å². The maximum atomic E-state index is 5.70. The predicted molar refractivity (Wildman–Crippen MR) is 67.3 cm³/mol. The Bertz CT molecular complexity index is 503. The average molecular weight is 275 g/mol. The van der Waals surface area contributed by atoms with Gasteiger partial charge in [0.1, 0.15) is 5.60 Å². The molecule has 0 N–H and O–H groups in total. The fourth-order valence-corrected chi connectivity index (χ4v) is 2.42. The lowest BCUT2D eigenvalue weighted by Gasteiger charge is -2.12. The molecule has 1 heterocycles. The summed E-state index contributed by atoms with van der Waals surface area (Å²) in [5.74, 6) is 0. The van der Waals surface area contributed by atoms with Gasteiger partial charge in [0.15, 0.2) is 0 Å². The van der Waals surface area contributed by atoms with Gasteiger partial charge in [-0.25, -0.2) is 0 Å². The lowest BCUT2D eigenvalue weighted by atomic mass is 9.92. The summed E-state index contributed by atoms with van der Waals surface area (Å²) in [6.07, 6.45) is 0. The summed E-state index contributed by atoms with van der Waals surface area (Å²) in [5.41, 5.74) is 2.24. The molecule has 2 heteroatoms. The Morgan fingerprint density at radius 3 is 2.25 bits per heavy atom. The summed E-state index contributed by atoms with van der Waals surface area (Å²) < 4.78 is 6.80. The van der Waals surface area contributed by atoms with Gasteiger partial charge in [0, 0.05) is 4.47 Å². The van der Waals surface area contributed by atoms with Crippen LogP contribution in [0.2, 0.25) is 0 Å². The summed E-state index contributed by atoms with van der Waals surface area (Å²) in [7, 11) is 0. The molecule has 3 rings (SSSR count). The molecule has 1 aliphatic rings. The van der Waals surface area contributed by atoms with Gasteiger partial charge >= 0.3 is 0 Å². The van der Waals surface area contributed by atoms with Gasteiger partial charge in [-0.2, -0.15) is 0 Å². The Kier molecular flexibility index (Phi) is 2.34. The molecule has 2 aromatic rings. The van der Waals surface area contributed by atoms with Crippen molar-refractivity contribution in [2.45, 2.75) is 5.60 Å². The minimum Gasteiger partial charge on any atom is -0.359 e. The van der Waals surface area contributed by atoms with Crippen molar-refractivity contribution < 1.29 is 4.74 Å². The number of rotatable bonds is 2. The van der Waals surface area contributed by atoms with Crippen molar-refractivity contribution in [3.05, 3.63) is 70.2 Å². The van der Waals surface area contributed by atoms with Crippen LogP contribution in [0.1, 0.15) is 11.1 Å². The van der Waals surface area contributed by atoms with Crippen LogP contribution >= 0.6 is 15.9 Å². The van der Waals surface area contributed by atoms with Gasteiger partial charge in [-0.1, -0.05) is 58.4 Å². The van der Waals surface area contributed by atoms with Crippen molar-refractivity contribution in [2.75, 3.05) is 6.61 Å². The molecule has 80 valence electrons. The van der Waals surface area contributed by atoms with E-state index in [0.717, 1.165) is 11.1 Å². The molecule has 0 amide bonds. The molecule has 0 bridgehead atoms. The fourth-order valence-electron chi connectivity index (χ4n) is 2.02. The van der Waals surface area contributed by atoms with E-state index in [2.05, 4.69) is 52.3 Å². The molecular formula is C14H11BrO. The monoisotopic (exact) mass is 274 g/mol. The van der Waals surface area contributed by atoms with Gasteiger partial charge in [-0.3, -0.25) is 0 Å². The highest BCUT2D eigenvalue weighted by atomic mass is 79.9. The van der Waals surface area contributed by atoms with Crippen LogP contribution in [0.25, 0.3) is 0 Å². The number of ether oxygens (including phenoxy) is 1. The van der Waals surface area contributed by atoms with Crippen LogP contribution in [0.4, 0.5) is 0 Å². The van der Waals surface area contributed by atoms with E-state index in [4.69, 9.17) is 4.74 Å². The van der Waals surface area contributed by atoms with Crippen molar-refractivity contribution >= 4 is 15.9 Å². The molecule has 1 fully saturated rings. The number of hydrogen-bond acceptors (Lipinski definition) is 1. The highest BCUT2D eigenvalue weighted by Crippen LogP contribution is 2.45. The molecule has 0 spiro atoms. The van der Waals surface area contributed by atoms with Gasteiger partial charge in [0.05, 0.1) is 6.61 Å². The van der Waals surface area contributed by atoms with Crippen LogP contribution in [-0.4, -0.2) is 6.61 Å². The largest absolute Gasteiger partial charge is 0.359 e. The van der Waals surface area contributed by atoms with Crippen molar-refractivity contribution in [1.82, 2.24) is 0 Å². The topological polar surface area (TPSA) is 12.5 Å². The minimum atomic E-state index is -0.203. The number of hydrogen-bond donors (Lipinski definition) is 0. The molecule has 0 radical (unpaired) electrons. The van der Waals surface area contributed by atoms with Crippen molar-refractivity contribution in [3.63, 3.8) is 0 Å². The molecule has 0 aliphatic carbocycles. The summed E-state index contributed by atoms with van der Waals surface area (Å²) in [6.45, 7) is 0.771. The third-order valence-electron chi connectivity index (χ3n) is 2.96. The van der Waals surface area contributed by atoms with Crippen LogP contribution in [0.3, 0.4) is 0 Å². The van der Waals surface area contributed by atoms with Gasteiger partial charge in [0.2, 0.25) is 0 Å². The lowest BCUT2D eigenvalue weighted by Crippen LogP contribution is -2.10. The quantitative estimate of drug-likeness (QED) is 0.761. The summed E-state index contributed by atoms with van der Waals surface area (Å²) >= 11 is 3.50. The second-order valence-electron chi connectivity index (χ2n) is 3.99. The molecule has 1 unspecified atom stereocenters. The van der Waals surface area contributed by atoms with E-state index in [-0.39, 0.29) is 5.60 Å². The Morgan fingerprint density at radius 2 is 1.62 bits per heavy atom. The molecule has 1 atom stereocenters. The maximum absolute atomic E-state index is 5.70. The smallest absolute Gasteiger partial charge is 0.142 e. The third-order valence-corrected chi connectivity index (χ3v) is 3.46. The highest BCUT2D eigenvalue weighted by Gasteiger charge is 2.48. The molecule has 0 saturated carbocycles. The Balaban J connectivity index is 2.07. The van der Waals surface area contributed by atoms with E-state index in [1.165, 1.54) is 11.1 Å². The fraction of sp³-hybridized carbons (Fsp3) is 0.143. The molecular weight excluding hydrogens is 264 g/mol. The van der Waals surface area contributed by atoms with Crippen molar-refractivity contribution in [1.29, 1.82) is 0 Å². The van der Waals surface area contributed by atoms with Crippen LogP contribution in [0, 0.1) is 0 Å². The standard InChI is InChI=1S/C14H11BrO/c15-13-8-4-7-12(9-13)14(10-16-14)11-5-2-1-3-6-11/h1-9H,10H2. The van der Waals surface area contributed by atoms with Crippen LogP contribution in [-0.2, 0) is 10.3 Å². The molecule has 0 aromatic heterocycles. The normalized spacial score (nSPS) is 23.1. The second-order valence-corrected chi connectivity index (χ2v) is 4.91. The van der Waals surface area contributed by atoms with E-state index in [1.807, 2.05) is 18.2 Å². The van der Waals surface area contributed by atoms with E-state index in [1.54, 1.807) is 0 Å².